The van der Waals surface area contributed by atoms with Crippen molar-refractivity contribution in [3.8, 4) is 5.69 Å². The first kappa shape index (κ1) is 18.6. The maximum absolute atomic E-state index is 12.5. The van der Waals surface area contributed by atoms with E-state index in [1.165, 1.54) is 6.33 Å². The number of carbonyl (C=O) groups excluding carboxylic acids is 1. The van der Waals surface area contributed by atoms with E-state index in [1.807, 2.05) is 37.3 Å². The molecular weight excluding hydrogens is 342 g/mol. The van der Waals surface area contributed by atoms with Crippen molar-refractivity contribution < 1.29 is 4.79 Å². The van der Waals surface area contributed by atoms with E-state index in [2.05, 4.69) is 32.5 Å². The Morgan fingerprint density at radius 3 is 2.78 bits per heavy atom. The van der Waals surface area contributed by atoms with Crippen molar-refractivity contribution >= 4 is 6.03 Å². The number of amides is 2. The fourth-order valence-electron chi connectivity index (χ4n) is 2.84. The minimum atomic E-state index is -0.130. The third-order valence-electron chi connectivity index (χ3n) is 4.36. The molecule has 3 aromatic rings. The van der Waals surface area contributed by atoms with Gasteiger partial charge in [-0.15, -0.1) is 0 Å². The first-order valence-electron chi connectivity index (χ1n) is 9.06. The molecule has 0 radical (unpaired) electrons. The van der Waals surface area contributed by atoms with Gasteiger partial charge in [-0.25, -0.2) is 14.5 Å². The summed E-state index contributed by atoms with van der Waals surface area (Å²) < 4.78 is 1.69. The Labute approximate surface area is 158 Å². The molecule has 0 bridgehead atoms. The number of benzene rings is 1. The predicted molar refractivity (Wildman–Crippen MR) is 102 cm³/mol. The monoisotopic (exact) mass is 367 g/mol. The summed E-state index contributed by atoms with van der Waals surface area (Å²) in [6.45, 7) is 4.57. The van der Waals surface area contributed by atoms with Crippen molar-refractivity contribution in [2.24, 2.45) is 0 Å². The van der Waals surface area contributed by atoms with Gasteiger partial charge in [-0.05, 0) is 37.1 Å². The molecule has 0 saturated carbocycles. The number of hydrogen-bond acceptors (Lipinski definition) is 4. The first-order chi connectivity index (χ1) is 13.1. The second-order valence-corrected chi connectivity index (χ2v) is 6.59. The molecule has 2 aromatic heterocycles. The van der Waals surface area contributed by atoms with E-state index in [0.29, 0.717) is 6.54 Å². The number of nitrogens with zero attached hydrogens (tertiary/aromatic N) is 5. The molecule has 1 aromatic carbocycles. The Bertz CT molecular complexity index is 855. The number of aryl methyl sites for hydroxylation is 1. The van der Waals surface area contributed by atoms with Crippen LogP contribution in [-0.4, -0.2) is 42.9 Å². The van der Waals surface area contributed by atoms with E-state index in [4.69, 9.17) is 0 Å². The average molecular weight is 367 g/mol. The highest BCUT2D eigenvalue weighted by Crippen LogP contribution is 2.15. The summed E-state index contributed by atoms with van der Waals surface area (Å²) in [5.41, 5.74) is 3.91. The van der Waals surface area contributed by atoms with Crippen LogP contribution in [0.5, 0.6) is 0 Å². The summed E-state index contributed by atoms with van der Waals surface area (Å²) in [6, 6.07) is 9.64. The lowest BCUT2D eigenvalue weighted by molar-refractivity contribution is 0.203. The zero-order valence-electron chi connectivity index (χ0n) is 15.9. The quantitative estimate of drug-likeness (QED) is 0.672. The van der Waals surface area contributed by atoms with Gasteiger partial charge in [0.15, 0.2) is 0 Å². The molecular formula is C19H25N7O. The van der Waals surface area contributed by atoms with Gasteiger partial charge >= 0.3 is 6.03 Å². The largest absolute Gasteiger partial charge is 0.331 e. The lowest BCUT2D eigenvalue weighted by Crippen LogP contribution is -2.38. The van der Waals surface area contributed by atoms with Crippen molar-refractivity contribution in [3.05, 3.63) is 59.9 Å². The van der Waals surface area contributed by atoms with Gasteiger partial charge in [-0.3, -0.25) is 5.10 Å². The van der Waals surface area contributed by atoms with Crippen molar-refractivity contribution in [1.82, 2.24) is 35.2 Å². The van der Waals surface area contributed by atoms with Crippen LogP contribution in [0.4, 0.5) is 4.79 Å². The average Bonchev–Trinajstić information content (AvgIpc) is 3.34. The number of aromatic amines is 1. The summed E-state index contributed by atoms with van der Waals surface area (Å²) in [5.74, 6) is 0. The maximum atomic E-state index is 12.5. The first-order valence-corrected chi connectivity index (χ1v) is 9.06. The number of carbonyl (C=O) groups is 1. The van der Waals surface area contributed by atoms with E-state index < -0.39 is 0 Å². The lowest BCUT2D eigenvalue weighted by atomic mass is 10.1. The standard InChI is InChI=1S/C19H25N7O/c1-4-5-16-10-17(24-23-16)11-25(3)19(27)22-14(2)15-6-8-18(9-7-15)26-13-20-12-21-26/h6-10,12-14H,4-5,11H2,1-3H3,(H,22,27)(H,23,24). The SMILES string of the molecule is CCCc1cc(CN(C)C(=O)NC(C)c2ccc(-n3cncn3)cc2)[nH]n1. The maximum Gasteiger partial charge on any atom is 0.317 e. The molecule has 1 atom stereocenters. The molecule has 27 heavy (non-hydrogen) atoms. The minimum absolute atomic E-state index is 0.109. The van der Waals surface area contributed by atoms with Crippen LogP contribution in [0.25, 0.3) is 5.69 Å². The van der Waals surface area contributed by atoms with E-state index in [-0.39, 0.29) is 12.1 Å². The fraction of sp³-hybridized carbons (Fsp3) is 0.368. The number of nitrogens with one attached hydrogen (secondary N) is 2. The van der Waals surface area contributed by atoms with E-state index in [1.54, 1.807) is 23.0 Å². The van der Waals surface area contributed by atoms with Crippen molar-refractivity contribution in [1.29, 1.82) is 0 Å². The Hall–Kier alpha value is -3.16. The molecule has 0 aliphatic carbocycles. The molecule has 3 rings (SSSR count). The summed E-state index contributed by atoms with van der Waals surface area (Å²) in [7, 11) is 1.77. The molecule has 0 aliphatic heterocycles. The molecule has 2 N–H and O–H groups in total. The van der Waals surface area contributed by atoms with Gasteiger partial charge in [0, 0.05) is 7.05 Å². The van der Waals surface area contributed by atoms with Crippen molar-refractivity contribution in [2.75, 3.05) is 7.05 Å². The van der Waals surface area contributed by atoms with E-state index in [0.717, 1.165) is 35.5 Å². The zero-order valence-corrected chi connectivity index (χ0v) is 15.9. The topological polar surface area (TPSA) is 91.7 Å². The Balaban J connectivity index is 1.56. The Morgan fingerprint density at radius 2 is 2.11 bits per heavy atom. The highest BCUT2D eigenvalue weighted by molar-refractivity contribution is 5.74. The smallest absolute Gasteiger partial charge is 0.317 e. The Kier molecular flexibility index (Phi) is 5.85. The van der Waals surface area contributed by atoms with Gasteiger partial charge in [-0.1, -0.05) is 25.5 Å². The second-order valence-electron chi connectivity index (χ2n) is 6.59. The molecule has 1 unspecified atom stereocenters. The summed E-state index contributed by atoms with van der Waals surface area (Å²) in [5, 5.41) is 14.4. The summed E-state index contributed by atoms with van der Waals surface area (Å²) in [4.78, 5) is 18.1. The lowest BCUT2D eigenvalue weighted by Gasteiger charge is -2.21. The van der Waals surface area contributed by atoms with Crippen LogP contribution in [0.3, 0.4) is 0 Å². The van der Waals surface area contributed by atoms with Gasteiger partial charge in [0.1, 0.15) is 12.7 Å². The van der Waals surface area contributed by atoms with E-state index >= 15 is 0 Å². The number of aromatic nitrogens is 5. The van der Waals surface area contributed by atoms with Gasteiger partial charge in [0.25, 0.3) is 0 Å². The second kappa shape index (κ2) is 8.48. The van der Waals surface area contributed by atoms with Crippen LogP contribution < -0.4 is 5.32 Å². The van der Waals surface area contributed by atoms with Gasteiger partial charge in [0.2, 0.25) is 0 Å². The van der Waals surface area contributed by atoms with Gasteiger partial charge < -0.3 is 10.2 Å². The molecule has 0 saturated heterocycles. The third-order valence-corrected chi connectivity index (χ3v) is 4.36. The normalized spacial score (nSPS) is 12.0. The van der Waals surface area contributed by atoms with Crippen LogP contribution >= 0.6 is 0 Å². The van der Waals surface area contributed by atoms with Crippen molar-refractivity contribution in [3.63, 3.8) is 0 Å². The highest BCUT2D eigenvalue weighted by Gasteiger charge is 2.15. The molecule has 142 valence electrons. The van der Waals surface area contributed by atoms with Crippen LogP contribution in [0, 0.1) is 0 Å². The van der Waals surface area contributed by atoms with Gasteiger partial charge in [0.05, 0.1) is 29.7 Å². The number of hydrogen-bond donors (Lipinski definition) is 2. The molecule has 0 spiro atoms. The summed E-state index contributed by atoms with van der Waals surface area (Å²) >= 11 is 0. The van der Waals surface area contributed by atoms with Gasteiger partial charge in [-0.2, -0.15) is 10.2 Å². The van der Waals surface area contributed by atoms with Crippen LogP contribution in [0.15, 0.2) is 43.0 Å². The third kappa shape index (κ3) is 4.72. The summed E-state index contributed by atoms with van der Waals surface area (Å²) in [6.07, 6.45) is 5.13. The van der Waals surface area contributed by atoms with E-state index in [9.17, 15) is 4.79 Å². The number of urea groups is 1. The predicted octanol–water partition coefficient (Wildman–Crippen LogP) is 2.85. The van der Waals surface area contributed by atoms with Crippen molar-refractivity contribution in [2.45, 2.75) is 39.3 Å². The number of rotatable bonds is 7. The van der Waals surface area contributed by atoms with Crippen LogP contribution in [0.2, 0.25) is 0 Å². The minimum Gasteiger partial charge on any atom is -0.331 e. The molecule has 8 nitrogen and oxygen atoms in total. The molecule has 2 amide bonds. The van der Waals surface area contributed by atoms with Crippen LogP contribution in [-0.2, 0) is 13.0 Å². The molecule has 8 heteroatoms. The molecule has 0 fully saturated rings. The van der Waals surface area contributed by atoms with Crippen LogP contribution in [0.1, 0.15) is 43.3 Å². The molecule has 0 aliphatic rings. The zero-order chi connectivity index (χ0) is 19.2. The highest BCUT2D eigenvalue weighted by atomic mass is 16.2. The Morgan fingerprint density at radius 1 is 1.33 bits per heavy atom. The number of H-pyrrole nitrogens is 1. The fourth-order valence-corrected chi connectivity index (χ4v) is 2.84. The molecule has 2 heterocycles.